The lowest BCUT2D eigenvalue weighted by atomic mass is 10.2. The molecule has 0 bridgehead atoms. The molecule has 0 spiro atoms. The van der Waals surface area contributed by atoms with Gasteiger partial charge < -0.3 is 10.2 Å². The van der Waals surface area contributed by atoms with Crippen LogP contribution in [0.5, 0.6) is 0 Å². The van der Waals surface area contributed by atoms with Gasteiger partial charge in [-0.1, -0.05) is 0 Å². The van der Waals surface area contributed by atoms with E-state index in [0.29, 0.717) is 12.0 Å². The van der Waals surface area contributed by atoms with Crippen LogP contribution in [-0.2, 0) is 4.79 Å². The molecule has 0 unspecified atom stereocenters. The highest BCUT2D eigenvalue weighted by molar-refractivity contribution is 5.90. The van der Waals surface area contributed by atoms with Crippen LogP contribution in [0, 0.1) is 17.2 Å². The van der Waals surface area contributed by atoms with E-state index >= 15 is 0 Å². The molecule has 0 heterocycles. The Labute approximate surface area is 114 Å². The minimum Gasteiger partial charge on any atom is -0.326 e. The van der Waals surface area contributed by atoms with Crippen molar-refractivity contribution in [1.29, 1.82) is 5.26 Å². The number of rotatable bonds is 6. The van der Waals surface area contributed by atoms with Gasteiger partial charge in [0.05, 0.1) is 11.6 Å². The maximum atomic E-state index is 11.8. The lowest BCUT2D eigenvalue weighted by Gasteiger charge is -2.15. The Balaban J connectivity index is 1.72. The molecule has 4 heteroatoms. The number of carbonyl (C=O) groups excluding carboxylic acids is 1. The zero-order valence-electron chi connectivity index (χ0n) is 11.2. The largest absolute Gasteiger partial charge is 0.326 e. The highest BCUT2D eigenvalue weighted by Gasteiger charge is 2.22. The Morgan fingerprint density at radius 3 is 2.68 bits per heavy atom. The summed E-state index contributed by atoms with van der Waals surface area (Å²) < 4.78 is 0. The third kappa shape index (κ3) is 4.72. The van der Waals surface area contributed by atoms with Crippen molar-refractivity contribution in [3.8, 4) is 6.07 Å². The standard InChI is InChI=1S/C15H19N3O/c1-18(11-13-2-3-13)9-8-15(19)17-14-6-4-12(10-16)5-7-14/h4-7,13H,2-3,8-9,11H2,1H3,(H,17,19). The molecule has 19 heavy (non-hydrogen) atoms. The summed E-state index contributed by atoms with van der Waals surface area (Å²) in [5.74, 6) is 0.874. The molecule has 0 aliphatic heterocycles. The minimum atomic E-state index is 0.0207. The zero-order chi connectivity index (χ0) is 13.7. The maximum absolute atomic E-state index is 11.8. The molecule has 2 rings (SSSR count). The second-order valence-electron chi connectivity index (χ2n) is 5.19. The van der Waals surface area contributed by atoms with Crippen LogP contribution in [0.15, 0.2) is 24.3 Å². The first-order valence-corrected chi connectivity index (χ1v) is 6.66. The van der Waals surface area contributed by atoms with Crippen LogP contribution in [0.3, 0.4) is 0 Å². The second kappa shape index (κ2) is 6.35. The average molecular weight is 257 g/mol. The van der Waals surface area contributed by atoms with Gasteiger partial charge in [0.15, 0.2) is 0 Å². The number of nitrogens with one attached hydrogen (secondary N) is 1. The van der Waals surface area contributed by atoms with Crippen LogP contribution >= 0.6 is 0 Å². The van der Waals surface area contributed by atoms with Crippen molar-refractivity contribution in [2.75, 3.05) is 25.5 Å². The summed E-state index contributed by atoms with van der Waals surface area (Å²) in [5, 5.41) is 11.5. The van der Waals surface area contributed by atoms with Crippen LogP contribution in [-0.4, -0.2) is 30.9 Å². The number of benzene rings is 1. The smallest absolute Gasteiger partial charge is 0.225 e. The lowest BCUT2D eigenvalue weighted by molar-refractivity contribution is -0.116. The minimum absolute atomic E-state index is 0.0207. The molecule has 4 nitrogen and oxygen atoms in total. The van der Waals surface area contributed by atoms with E-state index in [0.717, 1.165) is 24.7 Å². The molecule has 1 saturated carbocycles. The van der Waals surface area contributed by atoms with Gasteiger partial charge in [-0.05, 0) is 50.1 Å². The van der Waals surface area contributed by atoms with E-state index in [-0.39, 0.29) is 5.91 Å². The molecule has 0 aromatic heterocycles. The Kier molecular flexibility index (Phi) is 4.53. The first-order valence-electron chi connectivity index (χ1n) is 6.66. The third-order valence-electron chi connectivity index (χ3n) is 3.29. The fraction of sp³-hybridized carbons (Fsp3) is 0.467. The van der Waals surface area contributed by atoms with Gasteiger partial charge >= 0.3 is 0 Å². The lowest BCUT2D eigenvalue weighted by Crippen LogP contribution is -2.26. The Morgan fingerprint density at radius 1 is 1.42 bits per heavy atom. The van der Waals surface area contributed by atoms with E-state index in [2.05, 4.69) is 23.3 Å². The molecule has 1 aliphatic rings. The molecule has 100 valence electrons. The van der Waals surface area contributed by atoms with Crippen molar-refractivity contribution in [3.63, 3.8) is 0 Å². The third-order valence-corrected chi connectivity index (χ3v) is 3.29. The zero-order valence-corrected chi connectivity index (χ0v) is 11.2. The molecule has 1 fully saturated rings. The van der Waals surface area contributed by atoms with Crippen LogP contribution in [0.1, 0.15) is 24.8 Å². The molecular formula is C15H19N3O. The van der Waals surface area contributed by atoms with Gasteiger partial charge in [0.2, 0.25) is 5.91 Å². The molecule has 0 saturated heterocycles. The van der Waals surface area contributed by atoms with Crippen LogP contribution in [0.25, 0.3) is 0 Å². The average Bonchev–Trinajstić information content (AvgIpc) is 3.21. The summed E-state index contributed by atoms with van der Waals surface area (Å²) >= 11 is 0. The van der Waals surface area contributed by atoms with E-state index in [1.165, 1.54) is 12.8 Å². The van der Waals surface area contributed by atoms with E-state index in [9.17, 15) is 4.79 Å². The van der Waals surface area contributed by atoms with Crippen molar-refractivity contribution in [2.24, 2.45) is 5.92 Å². The highest BCUT2D eigenvalue weighted by atomic mass is 16.1. The van der Waals surface area contributed by atoms with Crippen LogP contribution < -0.4 is 5.32 Å². The van der Waals surface area contributed by atoms with Gasteiger partial charge in [-0.25, -0.2) is 0 Å². The van der Waals surface area contributed by atoms with Crippen molar-refractivity contribution < 1.29 is 4.79 Å². The van der Waals surface area contributed by atoms with Gasteiger partial charge in [-0.3, -0.25) is 4.79 Å². The number of anilines is 1. The molecule has 1 N–H and O–H groups in total. The van der Waals surface area contributed by atoms with E-state index in [4.69, 9.17) is 5.26 Å². The van der Waals surface area contributed by atoms with Gasteiger partial charge in [0.1, 0.15) is 0 Å². The number of hydrogen-bond donors (Lipinski definition) is 1. The quantitative estimate of drug-likeness (QED) is 0.850. The van der Waals surface area contributed by atoms with Gasteiger partial charge in [0.25, 0.3) is 0 Å². The number of hydrogen-bond acceptors (Lipinski definition) is 3. The summed E-state index contributed by atoms with van der Waals surface area (Å²) in [7, 11) is 2.06. The summed E-state index contributed by atoms with van der Waals surface area (Å²) in [5.41, 5.74) is 1.34. The SMILES string of the molecule is CN(CCC(=O)Nc1ccc(C#N)cc1)CC1CC1. The maximum Gasteiger partial charge on any atom is 0.225 e. The highest BCUT2D eigenvalue weighted by Crippen LogP contribution is 2.29. The Hall–Kier alpha value is -1.86. The first-order chi connectivity index (χ1) is 9.17. The fourth-order valence-electron chi connectivity index (χ4n) is 1.98. The normalized spacial score (nSPS) is 14.2. The van der Waals surface area contributed by atoms with E-state index in [1.54, 1.807) is 24.3 Å². The first kappa shape index (κ1) is 13.6. The Bertz CT molecular complexity index is 471. The van der Waals surface area contributed by atoms with Gasteiger partial charge in [-0.2, -0.15) is 5.26 Å². The topological polar surface area (TPSA) is 56.1 Å². The predicted molar refractivity (Wildman–Crippen MR) is 74.6 cm³/mol. The summed E-state index contributed by atoms with van der Waals surface area (Å²) in [4.78, 5) is 14.0. The number of carbonyl (C=O) groups is 1. The molecule has 1 aliphatic carbocycles. The fourth-order valence-corrected chi connectivity index (χ4v) is 1.98. The summed E-state index contributed by atoms with van der Waals surface area (Å²) in [6.45, 7) is 1.89. The van der Waals surface area contributed by atoms with Crippen molar-refractivity contribution in [2.45, 2.75) is 19.3 Å². The second-order valence-corrected chi connectivity index (χ2v) is 5.19. The molecule has 0 radical (unpaired) electrons. The van der Waals surface area contributed by atoms with Gasteiger partial charge in [0, 0.05) is 25.2 Å². The molecule has 0 atom stereocenters. The van der Waals surface area contributed by atoms with Crippen molar-refractivity contribution >= 4 is 11.6 Å². The van der Waals surface area contributed by atoms with Crippen LogP contribution in [0.2, 0.25) is 0 Å². The summed E-state index contributed by atoms with van der Waals surface area (Å²) in [6, 6.07) is 8.97. The molecule has 1 aromatic carbocycles. The molecule has 1 amide bonds. The monoisotopic (exact) mass is 257 g/mol. The predicted octanol–water partition coefficient (Wildman–Crippen LogP) is 2.23. The van der Waals surface area contributed by atoms with E-state index < -0.39 is 0 Å². The van der Waals surface area contributed by atoms with Crippen molar-refractivity contribution in [1.82, 2.24) is 4.90 Å². The summed E-state index contributed by atoms with van der Waals surface area (Å²) in [6.07, 6.45) is 3.17. The molecule has 1 aromatic rings. The number of nitrogens with zero attached hydrogens (tertiary/aromatic N) is 2. The van der Waals surface area contributed by atoms with E-state index in [1.807, 2.05) is 0 Å². The molecular weight excluding hydrogens is 238 g/mol. The number of amides is 1. The Morgan fingerprint density at radius 2 is 2.11 bits per heavy atom. The van der Waals surface area contributed by atoms with Gasteiger partial charge in [-0.15, -0.1) is 0 Å². The van der Waals surface area contributed by atoms with Crippen LogP contribution in [0.4, 0.5) is 5.69 Å². The van der Waals surface area contributed by atoms with Crippen molar-refractivity contribution in [3.05, 3.63) is 29.8 Å². The number of nitriles is 1.